The van der Waals surface area contributed by atoms with E-state index in [4.69, 9.17) is 0 Å². The van der Waals surface area contributed by atoms with Gasteiger partial charge in [-0.3, -0.25) is 14.5 Å². The van der Waals surface area contributed by atoms with Gasteiger partial charge in [-0.2, -0.15) is 8.75 Å². The van der Waals surface area contributed by atoms with Crippen molar-refractivity contribution in [2.45, 2.75) is 18.9 Å². The van der Waals surface area contributed by atoms with E-state index in [1.54, 1.807) is 30.3 Å². The Kier molecular flexibility index (Phi) is 4.52. The highest BCUT2D eigenvalue weighted by atomic mass is 32.1. The molecule has 1 aliphatic heterocycles. The number of fused-ring (bicyclic) bond motifs is 1. The maximum atomic E-state index is 13.1. The van der Waals surface area contributed by atoms with E-state index in [1.165, 1.54) is 0 Å². The highest BCUT2D eigenvalue weighted by molar-refractivity contribution is 7.00. The first-order valence-corrected chi connectivity index (χ1v) is 9.49. The van der Waals surface area contributed by atoms with Crippen molar-refractivity contribution in [1.29, 1.82) is 0 Å². The van der Waals surface area contributed by atoms with Gasteiger partial charge in [-0.15, -0.1) is 0 Å². The maximum absolute atomic E-state index is 13.1. The number of hydrogen-bond acceptors (Lipinski definition) is 6. The number of carbonyl (C=O) groups is 3. The normalized spacial score (nSPS) is 19.1. The molecule has 2 N–H and O–H groups in total. The number of amides is 4. The number of anilines is 1. The van der Waals surface area contributed by atoms with Gasteiger partial charge in [-0.05, 0) is 24.1 Å². The lowest BCUT2D eigenvalue weighted by molar-refractivity contribution is -0.134. The zero-order chi connectivity index (χ0) is 19.7. The van der Waals surface area contributed by atoms with Gasteiger partial charge in [0.1, 0.15) is 23.1 Å². The van der Waals surface area contributed by atoms with Crippen molar-refractivity contribution in [3.8, 4) is 0 Å². The van der Waals surface area contributed by atoms with Gasteiger partial charge >= 0.3 is 6.03 Å². The van der Waals surface area contributed by atoms with Gasteiger partial charge in [0.05, 0.1) is 17.4 Å². The third-order valence-electron chi connectivity index (χ3n) is 4.83. The highest BCUT2D eigenvalue weighted by Crippen LogP contribution is 2.32. The topological polar surface area (TPSA) is 104 Å². The molecule has 8 nitrogen and oxygen atoms in total. The molecule has 0 radical (unpaired) electrons. The number of nitrogens with one attached hydrogen (secondary N) is 2. The maximum Gasteiger partial charge on any atom is 0.325 e. The van der Waals surface area contributed by atoms with Crippen molar-refractivity contribution < 1.29 is 14.4 Å². The standard InChI is InChI=1S/C19H17N5O3S/c1-2-19(12-7-4-3-5-8-12)17(26)24(18(27)21-19)11-15(25)20-13-9-6-10-14-16(13)23-28-22-14/h3-10H,2,11H2,1H3,(H,20,25)(H,21,27)/t19-/m0/s1. The van der Waals surface area contributed by atoms with Crippen molar-refractivity contribution in [3.63, 3.8) is 0 Å². The Bertz CT molecular complexity index is 1070. The fourth-order valence-electron chi connectivity index (χ4n) is 3.37. The molecule has 1 aromatic heterocycles. The molecule has 9 heteroatoms. The smallest absolute Gasteiger partial charge is 0.323 e. The predicted octanol–water partition coefficient (Wildman–Crippen LogP) is 2.49. The zero-order valence-corrected chi connectivity index (χ0v) is 15.8. The summed E-state index contributed by atoms with van der Waals surface area (Å²) in [7, 11) is 0. The second-order valence-corrected chi connectivity index (χ2v) is 6.96. The summed E-state index contributed by atoms with van der Waals surface area (Å²) in [5.74, 6) is -0.918. The molecule has 0 spiro atoms. The molecular weight excluding hydrogens is 378 g/mol. The first-order chi connectivity index (χ1) is 13.5. The molecule has 2 aromatic carbocycles. The predicted molar refractivity (Wildman–Crippen MR) is 105 cm³/mol. The van der Waals surface area contributed by atoms with Gasteiger partial charge in [0, 0.05) is 0 Å². The molecule has 1 aliphatic rings. The van der Waals surface area contributed by atoms with E-state index in [-0.39, 0.29) is 6.54 Å². The Morgan fingerprint density at radius 2 is 1.93 bits per heavy atom. The Balaban J connectivity index is 1.55. The van der Waals surface area contributed by atoms with Crippen molar-refractivity contribution in [1.82, 2.24) is 19.0 Å². The van der Waals surface area contributed by atoms with Crippen molar-refractivity contribution >= 4 is 46.3 Å². The number of rotatable bonds is 5. The molecule has 4 amide bonds. The number of aromatic nitrogens is 2. The average molecular weight is 395 g/mol. The first kappa shape index (κ1) is 18.1. The second kappa shape index (κ2) is 7.01. The molecule has 142 valence electrons. The molecule has 0 bridgehead atoms. The summed E-state index contributed by atoms with van der Waals surface area (Å²) in [6.45, 7) is 1.44. The third-order valence-corrected chi connectivity index (χ3v) is 5.38. The number of carbonyl (C=O) groups excluding carboxylic acids is 3. The Morgan fingerprint density at radius 3 is 2.68 bits per heavy atom. The SMILES string of the molecule is CC[C@@]1(c2ccccc2)NC(=O)N(CC(=O)Nc2cccc3nsnc23)C1=O. The molecule has 2 heterocycles. The van der Waals surface area contributed by atoms with E-state index < -0.39 is 23.4 Å². The van der Waals surface area contributed by atoms with E-state index in [2.05, 4.69) is 19.4 Å². The number of hydrogen-bond donors (Lipinski definition) is 2. The first-order valence-electron chi connectivity index (χ1n) is 8.76. The molecule has 28 heavy (non-hydrogen) atoms. The van der Waals surface area contributed by atoms with E-state index in [1.807, 2.05) is 25.1 Å². The number of benzene rings is 2. The van der Waals surface area contributed by atoms with Crippen molar-refractivity contribution in [3.05, 3.63) is 54.1 Å². The Labute approximate surface area is 164 Å². The molecule has 0 saturated carbocycles. The Hall–Kier alpha value is -3.33. The largest absolute Gasteiger partial charge is 0.325 e. The lowest BCUT2D eigenvalue weighted by atomic mass is 9.87. The van der Waals surface area contributed by atoms with Crippen LogP contribution in [0.3, 0.4) is 0 Å². The lowest BCUT2D eigenvalue weighted by Crippen LogP contribution is -2.44. The van der Waals surface area contributed by atoms with E-state index >= 15 is 0 Å². The van der Waals surface area contributed by atoms with Crippen LogP contribution in [-0.4, -0.2) is 38.0 Å². The number of urea groups is 1. The average Bonchev–Trinajstić information content (AvgIpc) is 3.28. The molecule has 1 saturated heterocycles. The summed E-state index contributed by atoms with van der Waals surface area (Å²) in [6, 6.07) is 13.7. The fourth-order valence-corrected chi connectivity index (χ4v) is 3.92. The number of nitrogens with zero attached hydrogens (tertiary/aromatic N) is 3. The van der Waals surface area contributed by atoms with E-state index in [0.29, 0.717) is 28.7 Å². The summed E-state index contributed by atoms with van der Waals surface area (Å²) in [5, 5.41) is 5.48. The lowest BCUT2D eigenvalue weighted by Gasteiger charge is -2.25. The fraction of sp³-hybridized carbons (Fsp3) is 0.211. The minimum atomic E-state index is -1.16. The molecule has 0 aliphatic carbocycles. The van der Waals surface area contributed by atoms with Crippen LogP contribution >= 0.6 is 11.7 Å². The third kappa shape index (κ3) is 2.89. The minimum absolute atomic E-state index is 0.378. The van der Waals surface area contributed by atoms with Crippen LogP contribution in [0.1, 0.15) is 18.9 Å². The second-order valence-electron chi connectivity index (χ2n) is 6.43. The van der Waals surface area contributed by atoms with Gasteiger partial charge in [0.15, 0.2) is 0 Å². The molecule has 3 aromatic rings. The van der Waals surface area contributed by atoms with Gasteiger partial charge in [0.25, 0.3) is 5.91 Å². The van der Waals surface area contributed by atoms with Crippen LogP contribution in [0, 0.1) is 0 Å². The van der Waals surface area contributed by atoms with Crippen LogP contribution < -0.4 is 10.6 Å². The van der Waals surface area contributed by atoms with Crippen LogP contribution in [0.25, 0.3) is 11.0 Å². The van der Waals surface area contributed by atoms with Crippen LogP contribution in [0.15, 0.2) is 48.5 Å². The molecule has 1 atom stereocenters. The van der Waals surface area contributed by atoms with Crippen molar-refractivity contribution in [2.24, 2.45) is 0 Å². The summed E-state index contributed by atoms with van der Waals surface area (Å²) < 4.78 is 8.29. The molecular formula is C19H17N5O3S. The summed E-state index contributed by atoms with van der Waals surface area (Å²) in [4.78, 5) is 39.0. The van der Waals surface area contributed by atoms with Crippen LogP contribution in [0.5, 0.6) is 0 Å². The highest BCUT2D eigenvalue weighted by Gasteiger charge is 2.51. The van der Waals surface area contributed by atoms with Gasteiger partial charge < -0.3 is 10.6 Å². The van der Waals surface area contributed by atoms with Gasteiger partial charge in [0.2, 0.25) is 5.91 Å². The Morgan fingerprint density at radius 1 is 1.14 bits per heavy atom. The van der Waals surface area contributed by atoms with Crippen LogP contribution in [0.4, 0.5) is 10.5 Å². The summed E-state index contributed by atoms with van der Waals surface area (Å²) in [6.07, 6.45) is 0.378. The van der Waals surface area contributed by atoms with Gasteiger partial charge in [-0.25, -0.2) is 4.79 Å². The summed E-state index contributed by atoms with van der Waals surface area (Å²) in [5.41, 5.74) is 1.28. The zero-order valence-electron chi connectivity index (χ0n) is 15.0. The quantitative estimate of drug-likeness (QED) is 0.646. The summed E-state index contributed by atoms with van der Waals surface area (Å²) >= 11 is 1.05. The van der Waals surface area contributed by atoms with Crippen molar-refractivity contribution in [2.75, 3.05) is 11.9 Å². The molecule has 4 rings (SSSR count). The molecule has 0 unspecified atom stereocenters. The van der Waals surface area contributed by atoms with E-state index in [0.717, 1.165) is 16.6 Å². The van der Waals surface area contributed by atoms with Crippen LogP contribution in [0.2, 0.25) is 0 Å². The minimum Gasteiger partial charge on any atom is -0.323 e. The monoisotopic (exact) mass is 395 g/mol. The van der Waals surface area contributed by atoms with Crippen LogP contribution in [-0.2, 0) is 15.1 Å². The number of imide groups is 1. The molecule has 1 fully saturated rings. The van der Waals surface area contributed by atoms with Gasteiger partial charge in [-0.1, -0.05) is 43.3 Å². The van der Waals surface area contributed by atoms with E-state index in [9.17, 15) is 14.4 Å².